The van der Waals surface area contributed by atoms with Gasteiger partial charge in [0, 0.05) is 17.3 Å². The molecule has 0 spiro atoms. The van der Waals surface area contributed by atoms with Gasteiger partial charge in [-0.15, -0.1) is 13.2 Å². The van der Waals surface area contributed by atoms with E-state index in [-0.39, 0.29) is 17.0 Å². The zero-order chi connectivity index (χ0) is 26.3. The molecule has 37 heavy (non-hydrogen) atoms. The Morgan fingerprint density at radius 2 is 1.54 bits per heavy atom. The fraction of sp³-hybridized carbons (Fsp3) is 0.0714. The Hall–Kier alpha value is -4.79. The minimum absolute atomic E-state index is 0.0427. The summed E-state index contributed by atoms with van der Waals surface area (Å²) >= 11 is 0. The average Bonchev–Trinajstić information content (AvgIpc) is 3.13. The number of fused-ring (bicyclic) bond motifs is 1. The normalized spacial score (nSPS) is 17.4. The first-order valence-electron chi connectivity index (χ1n) is 11.1. The van der Waals surface area contributed by atoms with Gasteiger partial charge in [0.25, 0.3) is 11.7 Å². The highest BCUT2D eigenvalue weighted by Gasteiger charge is 2.47. The van der Waals surface area contributed by atoms with Crippen molar-refractivity contribution >= 4 is 33.9 Å². The topological polar surface area (TPSA) is 87.1 Å². The molecule has 6 nitrogen and oxygen atoms in total. The minimum atomic E-state index is -4.96. The number of aliphatic hydroxyl groups is 1. The van der Waals surface area contributed by atoms with E-state index in [1.165, 1.54) is 36.4 Å². The third-order valence-electron chi connectivity index (χ3n) is 6.03. The van der Waals surface area contributed by atoms with Gasteiger partial charge >= 0.3 is 6.36 Å². The number of carbonyl (C=O) groups is 2. The molecular formula is C28H18F3NO5. The Kier molecular flexibility index (Phi) is 5.83. The van der Waals surface area contributed by atoms with E-state index in [0.29, 0.717) is 16.5 Å². The van der Waals surface area contributed by atoms with Crippen molar-refractivity contribution in [2.24, 2.45) is 0 Å². The molecule has 1 atom stereocenters. The number of anilines is 1. The number of phenols is 1. The number of Topliss-reactive ketones (excluding diaryl/α,β-unsaturated/α-hetero) is 1. The molecule has 0 saturated carbocycles. The van der Waals surface area contributed by atoms with E-state index in [1.54, 1.807) is 24.3 Å². The highest BCUT2D eigenvalue weighted by molar-refractivity contribution is 6.51. The van der Waals surface area contributed by atoms with Crippen LogP contribution in [0.4, 0.5) is 18.9 Å². The molecule has 4 aromatic rings. The molecule has 1 amide bonds. The van der Waals surface area contributed by atoms with Crippen LogP contribution in [0.5, 0.6) is 11.5 Å². The summed E-state index contributed by atoms with van der Waals surface area (Å²) in [4.78, 5) is 27.6. The Morgan fingerprint density at radius 1 is 0.865 bits per heavy atom. The van der Waals surface area contributed by atoms with Gasteiger partial charge in [0.15, 0.2) is 0 Å². The SMILES string of the molecule is O=C1C(=O)N(c2cccc(OC(F)(F)F)c2)C(c2ccc(O)cc2)/C1=C(/O)c1cccc2ccccc12. The zero-order valence-electron chi connectivity index (χ0n) is 18.9. The highest BCUT2D eigenvalue weighted by atomic mass is 19.4. The molecule has 1 unspecified atom stereocenters. The molecule has 0 bridgehead atoms. The Morgan fingerprint density at radius 3 is 2.27 bits per heavy atom. The lowest BCUT2D eigenvalue weighted by Gasteiger charge is -2.26. The van der Waals surface area contributed by atoms with Gasteiger partial charge in [0.2, 0.25) is 0 Å². The first-order valence-corrected chi connectivity index (χ1v) is 11.1. The monoisotopic (exact) mass is 505 g/mol. The molecule has 1 aliphatic rings. The van der Waals surface area contributed by atoms with E-state index in [4.69, 9.17) is 0 Å². The average molecular weight is 505 g/mol. The van der Waals surface area contributed by atoms with Crippen LogP contribution in [0.2, 0.25) is 0 Å². The van der Waals surface area contributed by atoms with Gasteiger partial charge in [-0.2, -0.15) is 0 Å². The lowest BCUT2D eigenvalue weighted by Crippen LogP contribution is -2.29. The van der Waals surface area contributed by atoms with E-state index in [2.05, 4.69) is 4.74 Å². The van der Waals surface area contributed by atoms with E-state index in [0.717, 1.165) is 22.4 Å². The predicted octanol–water partition coefficient (Wildman–Crippen LogP) is 6.07. The first-order chi connectivity index (χ1) is 17.6. The number of hydrogen-bond donors (Lipinski definition) is 2. The van der Waals surface area contributed by atoms with Gasteiger partial charge in [0.1, 0.15) is 17.3 Å². The van der Waals surface area contributed by atoms with Crippen molar-refractivity contribution in [1.29, 1.82) is 0 Å². The molecule has 1 heterocycles. The second-order valence-corrected chi connectivity index (χ2v) is 8.33. The maximum atomic E-state index is 13.3. The lowest BCUT2D eigenvalue weighted by molar-refractivity contribution is -0.274. The van der Waals surface area contributed by atoms with Crippen molar-refractivity contribution < 1.29 is 37.7 Å². The second-order valence-electron chi connectivity index (χ2n) is 8.33. The fourth-order valence-corrected chi connectivity index (χ4v) is 4.48. The largest absolute Gasteiger partial charge is 0.573 e. The number of ether oxygens (including phenoxy) is 1. The number of ketones is 1. The van der Waals surface area contributed by atoms with E-state index in [9.17, 15) is 33.0 Å². The second kappa shape index (κ2) is 9.02. The summed E-state index contributed by atoms with van der Waals surface area (Å²) in [6, 6.07) is 21.4. The summed E-state index contributed by atoms with van der Waals surface area (Å²) in [5.41, 5.74) is 0.378. The van der Waals surface area contributed by atoms with Crippen LogP contribution in [-0.4, -0.2) is 28.3 Å². The number of nitrogens with zero attached hydrogens (tertiary/aromatic N) is 1. The third kappa shape index (κ3) is 4.47. The molecule has 2 N–H and O–H groups in total. The number of benzene rings is 4. The van der Waals surface area contributed by atoms with Crippen LogP contribution in [0.25, 0.3) is 16.5 Å². The predicted molar refractivity (Wildman–Crippen MR) is 130 cm³/mol. The molecular weight excluding hydrogens is 487 g/mol. The molecule has 1 aliphatic heterocycles. The van der Waals surface area contributed by atoms with Gasteiger partial charge in [0.05, 0.1) is 11.6 Å². The molecule has 0 radical (unpaired) electrons. The van der Waals surface area contributed by atoms with Gasteiger partial charge in [-0.3, -0.25) is 14.5 Å². The molecule has 0 aromatic heterocycles. The molecule has 1 saturated heterocycles. The third-order valence-corrected chi connectivity index (χ3v) is 6.03. The van der Waals surface area contributed by atoms with Crippen molar-refractivity contribution in [2.45, 2.75) is 12.4 Å². The van der Waals surface area contributed by atoms with Crippen molar-refractivity contribution in [1.82, 2.24) is 0 Å². The standard InChI is InChI=1S/C28H18F3NO5/c29-28(30,31)37-20-8-4-7-18(15-20)32-24(17-11-13-19(33)14-12-17)23(26(35)27(32)36)25(34)22-10-3-6-16-5-1-2-9-21(16)22/h1-15,24,33-34H/b25-23-. The van der Waals surface area contributed by atoms with Gasteiger partial charge < -0.3 is 14.9 Å². The van der Waals surface area contributed by atoms with Crippen molar-refractivity contribution in [3.63, 3.8) is 0 Å². The van der Waals surface area contributed by atoms with E-state index < -0.39 is 35.6 Å². The molecule has 4 aromatic carbocycles. The van der Waals surface area contributed by atoms with Crippen LogP contribution in [0.3, 0.4) is 0 Å². The number of alkyl halides is 3. The minimum Gasteiger partial charge on any atom is -0.508 e. The number of rotatable bonds is 4. The van der Waals surface area contributed by atoms with Crippen LogP contribution < -0.4 is 9.64 Å². The van der Waals surface area contributed by atoms with Crippen molar-refractivity contribution in [3.8, 4) is 11.5 Å². The van der Waals surface area contributed by atoms with Crippen LogP contribution in [0.1, 0.15) is 17.2 Å². The summed E-state index contributed by atoms with van der Waals surface area (Å²) in [6.07, 6.45) is -4.96. The molecule has 0 aliphatic carbocycles. The zero-order valence-corrected chi connectivity index (χ0v) is 18.9. The Bertz CT molecular complexity index is 1560. The lowest BCUT2D eigenvalue weighted by atomic mass is 9.93. The summed E-state index contributed by atoms with van der Waals surface area (Å²) in [6.45, 7) is 0. The van der Waals surface area contributed by atoms with Gasteiger partial charge in [-0.25, -0.2) is 0 Å². The fourth-order valence-electron chi connectivity index (χ4n) is 4.48. The summed E-state index contributed by atoms with van der Waals surface area (Å²) in [5.74, 6) is -3.13. The summed E-state index contributed by atoms with van der Waals surface area (Å²) in [5, 5.41) is 22.6. The highest BCUT2D eigenvalue weighted by Crippen LogP contribution is 2.44. The van der Waals surface area contributed by atoms with E-state index in [1.807, 2.05) is 18.2 Å². The maximum Gasteiger partial charge on any atom is 0.573 e. The molecule has 1 fully saturated rings. The number of aromatic hydroxyl groups is 1. The molecule has 9 heteroatoms. The number of halogens is 3. The number of hydrogen-bond acceptors (Lipinski definition) is 5. The van der Waals surface area contributed by atoms with Crippen molar-refractivity contribution in [3.05, 3.63) is 108 Å². The van der Waals surface area contributed by atoms with Crippen LogP contribution in [-0.2, 0) is 9.59 Å². The van der Waals surface area contributed by atoms with Crippen LogP contribution in [0.15, 0.2) is 96.6 Å². The number of carbonyl (C=O) groups excluding carboxylic acids is 2. The Labute approximate surface area is 208 Å². The van der Waals surface area contributed by atoms with Gasteiger partial charge in [-0.05, 0) is 40.6 Å². The quantitative estimate of drug-likeness (QED) is 0.200. The summed E-state index contributed by atoms with van der Waals surface area (Å²) in [7, 11) is 0. The van der Waals surface area contributed by atoms with Crippen molar-refractivity contribution in [2.75, 3.05) is 4.90 Å². The summed E-state index contributed by atoms with van der Waals surface area (Å²) < 4.78 is 42.5. The Balaban J connectivity index is 1.72. The van der Waals surface area contributed by atoms with Crippen LogP contribution >= 0.6 is 0 Å². The molecule has 186 valence electrons. The molecule has 5 rings (SSSR count). The number of aliphatic hydroxyl groups excluding tert-OH is 1. The maximum absolute atomic E-state index is 13.3. The van der Waals surface area contributed by atoms with Crippen LogP contribution in [0, 0.1) is 0 Å². The van der Waals surface area contributed by atoms with E-state index >= 15 is 0 Å². The number of phenolic OH excluding ortho intramolecular Hbond substituents is 1. The van der Waals surface area contributed by atoms with Gasteiger partial charge in [-0.1, -0.05) is 60.7 Å². The smallest absolute Gasteiger partial charge is 0.508 e. The first kappa shape index (κ1) is 23.9. The number of amides is 1.